The number of fused-ring (bicyclic) bond motifs is 1. The van der Waals surface area contributed by atoms with Crippen LogP contribution in [0.4, 0.5) is 5.69 Å². The van der Waals surface area contributed by atoms with Gasteiger partial charge in [0.25, 0.3) is 5.91 Å². The second-order valence-corrected chi connectivity index (χ2v) is 9.54. The Morgan fingerprint density at radius 2 is 1.90 bits per heavy atom. The molecule has 0 aliphatic heterocycles. The van der Waals surface area contributed by atoms with Crippen molar-refractivity contribution in [2.75, 3.05) is 11.6 Å². The fourth-order valence-corrected chi connectivity index (χ4v) is 4.45. The van der Waals surface area contributed by atoms with Crippen LogP contribution >= 0.6 is 0 Å². The zero-order chi connectivity index (χ0) is 20.8. The molecule has 4 rings (SSSR count). The molecule has 150 valence electrons. The summed E-state index contributed by atoms with van der Waals surface area (Å²) < 4.78 is 25.1. The molecule has 1 aliphatic carbocycles. The summed E-state index contributed by atoms with van der Waals surface area (Å²) in [5.41, 5.74) is 7.73. The number of nitrogens with two attached hydrogens (primary N) is 1. The highest BCUT2D eigenvalue weighted by molar-refractivity contribution is 7.90. The minimum absolute atomic E-state index is 0.00945. The van der Waals surface area contributed by atoms with Gasteiger partial charge in [-0.3, -0.25) is 4.79 Å². The summed E-state index contributed by atoms with van der Waals surface area (Å²) in [6.07, 6.45) is 3.48. The van der Waals surface area contributed by atoms with E-state index < -0.39 is 15.7 Å². The molecule has 3 N–H and O–H groups in total. The van der Waals surface area contributed by atoms with Crippen molar-refractivity contribution < 1.29 is 13.2 Å². The van der Waals surface area contributed by atoms with E-state index >= 15 is 0 Å². The van der Waals surface area contributed by atoms with Gasteiger partial charge in [-0.05, 0) is 49.4 Å². The molecule has 0 unspecified atom stereocenters. The second-order valence-electron chi connectivity index (χ2n) is 7.56. The molecule has 8 heteroatoms. The van der Waals surface area contributed by atoms with Crippen molar-refractivity contribution in [1.82, 2.24) is 10.2 Å². The monoisotopic (exact) mass is 410 g/mol. The van der Waals surface area contributed by atoms with Crippen LogP contribution in [-0.4, -0.2) is 36.8 Å². The van der Waals surface area contributed by atoms with Crippen LogP contribution in [-0.2, 0) is 9.84 Å². The number of benzene rings is 2. The first-order valence-electron chi connectivity index (χ1n) is 9.42. The molecule has 0 saturated heterocycles. The third kappa shape index (κ3) is 3.80. The van der Waals surface area contributed by atoms with Crippen LogP contribution in [0.25, 0.3) is 22.0 Å². The van der Waals surface area contributed by atoms with Crippen LogP contribution in [0.1, 0.15) is 30.3 Å². The summed E-state index contributed by atoms with van der Waals surface area (Å²) in [5, 5.41) is 12.1. The first-order valence-corrected chi connectivity index (χ1v) is 11.3. The lowest BCUT2D eigenvalue weighted by atomic mass is 9.98. The fraction of sp³-hybridized carbons (Fsp3) is 0.286. The van der Waals surface area contributed by atoms with Crippen molar-refractivity contribution in [3.8, 4) is 11.1 Å². The Hall–Kier alpha value is -3.00. The molecule has 1 aliphatic rings. The van der Waals surface area contributed by atoms with Crippen LogP contribution < -0.4 is 11.1 Å². The van der Waals surface area contributed by atoms with Crippen LogP contribution in [0, 0.1) is 5.92 Å². The molecule has 1 saturated carbocycles. The van der Waals surface area contributed by atoms with Gasteiger partial charge in [-0.1, -0.05) is 24.3 Å². The van der Waals surface area contributed by atoms with Gasteiger partial charge in [0.2, 0.25) is 0 Å². The summed E-state index contributed by atoms with van der Waals surface area (Å²) in [6.45, 7) is 2.06. The zero-order valence-electron chi connectivity index (χ0n) is 16.2. The van der Waals surface area contributed by atoms with Crippen LogP contribution in [0.2, 0.25) is 0 Å². The van der Waals surface area contributed by atoms with E-state index in [2.05, 4.69) is 22.4 Å². The number of anilines is 1. The maximum absolute atomic E-state index is 12.5. The standard InChI is InChI=1S/C21H22N4O3S/c1-12(13-7-8-13)23-17-10-9-14(11-18(17)29(2,27)28)19-15-5-3-4-6-16(15)24-25-20(19)21(22)26/h3-6,9-13,23H,7-8H2,1-2H3,(H2,22,26)/t12-/m1/s1. The summed E-state index contributed by atoms with van der Waals surface area (Å²) in [6, 6.07) is 12.5. The van der Waals surface area contributed by atoms with E-state index in [1.54, 1.807) is 24.3 Å². The summed E-state index contributed by atoms with van der Waals surface area (Å²) in [7, 11) is -3.52. The molecular formula is C21H22N4O3S. The van der Waals surface area contributed by atoms with Gasteiger partial charge in [0.1, 0.15) is 0 Å². The number of nitrogens with zero attached hydrogens (tertiary/aromatic N) is 2. The summed E-state index contributed by atoms with van der Waals surface area (Å²) >= 11 is 0. The number of amides is 1. The third-order valence-electron chi connectivity index (χ3n) is 5.28. The number of hydrogen-bond donors (Lipinski definition) is 2. The predicted molar refractivity (Wildman–Crippen MR) is 112 cm³/mol. The van der Waals surface area contributed by atoms with E-state index in [1.807, 2.05) is 18.2 Å². The number of carbonyl (C=O) groups excluding carboxylic acids is 1. The summed E-state index contributed by atoms with van der Waals surface area (Å²) in [4.78, 5) is 12.2. The van der Waals surface area contributed by atoms with E-state index in [-0.39, 0.29) is 16.6 Å². The first kappa shape index (κ1) is 19.3. The van der Waals surface area contributed by atoms with Crippen molar-refractivity contribution in [1.29, 1.82) is 0 Å². The molecule has 2 aromatic carbocycles. The molecule has 1 atom stereocenters. The topological polar surface area (TPSA) is 115 Å². The first-order chi connectivity index (χ1) is 13.8. The third-order valence-corrected chi connectivity index (χ3v) is 6.42. The van der Waals surface area contributed by atoms with Crippen molar-refractivity contribution in [2.45, 2.75) is 30.7 Å². The highest BCUT2D eigenvalue weighted by atomic mass is 32.2. The van der Waals surface area contributed by atoms with Gasteiger partial charge in [0.05, 0.1) is 16.1 Å². The number of primary amides is 1. The second kappa shape index (κ2) is 7.11. The average Bonchev–Trinajstić information content (AvgIpc) is 3.52. The normalized spacial score (nSPS) is 15.2. The molecular weight excluding hydrogens is 388 g/mol. The lowest BCUT2D eigenvalue weighted by Crippen LogP contribution is -2.19. The average molecular weight is 410 g/mol. The van der Waals surface area contributed by atoms with Crippen molar-refractivity contribution in [3.05, 3.63) is 48.2 Å². The zero-order valence-corrected chi connectivity index (χ0v) is 17.0. The molecule has 1 aromatic heterocycles. The van der Waals surface area contributed by atoms with E-state index in [1.165, 1.54) is 6.26 Å². The van der Waals surface area contributed by atoms with Crippen LogP contribution in [0.5, 0.6) is 0 Å². The largest absolute Gasteiger partial charge is 0.381 e. The minimum Gasteiger partial charge on any atom is -0.381 e. The molecule has 1 fully saturated rings. The Morgan fingerprint density at radius 1 is 1.17 bits per heavy atom. The number of carbonyl (C=O) groups is 1. The fourth-order valence-electron chi connectivity index (χ4n) is 3.58. The number of hydrogen-bond acceptors (Lipinski definition) is 6. The highest BCUT2D eigenvalue weighted by Crippen LogP contribution is 2.37. The quantitative estimate of drug-likeness (QED) is 0.645. The number of nitrogens with one attached hydrogen (secondary N) is 1. The van der Waals surface area contributed by atoms with E-state index in [0.29, 0.717) is 33.6 Å². The van der Waals surface area contributed by atoms with Gasteiger partial charge in [-0.15, -0.1) is 10.2 Å². The maximum Gasteiger partial charge on any atom is 0.269 e. The highest BCUT2D eigenvalue weighted by Gasteiger charge is 2.29. The van der Waals surface area contributed by atoms with Gasteiger partial charge >= 0.3 is 0 Å². The van der Waals surface area contributed by atoms with Crippen LogP contribution in [0.3, 0.4) is 0 Å². The van der Waals surface area contributed by atoms with Crippen molar-refractivity contribution in [3.63, 3.8) is 0 Å². The molecule has 0 spiro atoms. The minimum atomic E-state index is -3.52. The Balaban J connectivity index is 1.92. The number of aromatic nitrogens is 2. The van der Waals surface area contributed by atoms with Gasteiger partial charge < -0.3 is 11.1 Å². The van der Waals surface area contributed by atoms with Gasteiger partial charge in [0, 0.05) is 23.2 Å². The number of sulfone groups is 1. The smallest absolute Gasteiger partial charge is 0.269 e. The van der Waals surface area contributed by atoms with E-state index in [9.17, 15) is 13.2 Å². The Kier molecular flexibility index (Phi) is 4.74. The molecule has 0 bridgehead atoms. The van der Waals surface area contributed by atoms with E-state index in [0.717, 1.165) is 12.8 Å². The molecule has 3 aromatic rings. The maximum atomic E-state index is 12.5. The van der Waals surface area contributed by atoms with Gasteiger partial charge in [0.15, 0.2) is 15.5 Å². The molecule has 0 radical (unpaired) electrons. The SMILES string of the molecule is C[C@@H](Nc1ccc(-c2c(C(N)=O)nnc3ccccc23)cc1S(C)(=O)=O)C1CC1. The van der Waals surface area contributed by atoms with Crippen molar-refractivity contribution >= 4 is 32.3 Å². The Labute approximate surface area is 169 Å². The van der Waals surface area contributed by atoms with Crippen LogP contribution in [0.15, 0.2) is 47.4 Å². The lowest BCUT2D eigenvalue weighted by molar-refractivity contribution is 0.0995. The Bertz CT molecular complexity index is 1220. The predicted octanol–water partition coefficient (Wildman–Crippen LogP) is 3.01. The van der Waals surface area contributed by atoms with Gasteiger partial charge in [-0.2, -0.15) is 0 Å². The summed E-state index contributed by atoms with van der Waals surface area (Å²) in [5.74, 6) is -0.152. The number of rotatable bonds is 6. The molecule has 29 heavy (non-hydrogen) atoms. The lowest BCUT2D eigenvalue weighted by Gasteiger charge is -2.18. The molecule has 1 amide bonds. The molecule has 7 nitrogen and oxygen atoms in total. The molecule has 1 heterocycles. The van der Waals surface area contributed by atoms with E-state index in [4.69, 9.17) is 5.73 Å². The Morgan fingerprint density at radius 3 is 2.55 bits per heavy atom. The van der Waals surface area contributed by atoms with Crippen molar-refractivity contribution in [2.24, 2.45) is 11.7 Å². The van der Waals surface area contributed by atoms with Gasteiger partial charge in [-0.25, -0.2) is 8.42 Å².